The third-order valence-electron chi connectivity index (χ3n) is 3.75. The highest BCUT2D eigenvalue weighted by molar-refractivity contribution is 9.09. The lowest BCUT2D eigenvalue weighted by molar-refractivity contribution is 0.527. The van der Waals surface area contributed by atoms with Crippen LogP contribution in [0.15, 0.2) is 24.8 Å². The quantitative estimate of drug-likeness (QED) is 0.341. The second-order valence-electron chi connectivity index (χ2n) is 6.02. The third-order valence-corrected chi connectivity index (χ3v) is 4.31. The van der Waals surface area contributed by atoms with Crippen LogP contribution in [0.1, 0.15) is 62.6 Å². The molecule has 112 valence electrons. The Balaban J connectivity index is 2.50. The molecule has 1 aromatic rings. The van der Waals surface area contributed by atoms with Gasteiger partial charge in [-0.3, -0.25) is 0 Å². The lowest BCUT2D eigenvalue weighted by Crippen LogP contribution is -1.95. The van der Waals surface area contributed by atoms with Gasteiger partial charge in [0, 0.05) is 5.33 Å². The standard InChI is InChI=1S/C19H29Br/c1-4-18-13-12-17(10-8-14-20)15-19(18)11-7-5-6-9-16(2)3/h4,12-13,15-16H,1,5-11,14H2,2-3H3. The van der Waals surface area contributed by atoms with Crippen molar-refractivity contribution < 1.29 is 0 Å². The van der Waals surface area contributed by atoms with E-state index in [1.165, 1.54) is 61.6 Å². The Hall–Kier alpha value is -0.560. The number of unbranched alkanes of at least 4 members (excludes halogenated alkanes) is 2. The van der Waals surface area contributed by atoms with Gasteiger partial charge < -0.3 is 0 Å². The Kier molecular flexibility index (Phi) is 8.93. The summed E-state index contributed by atoms with van der Waals surface area (Å²) in [6, 6.07) is 6.88. The lowest BCUT2D eigenvalue weighted by Gasteiger charge is -2.10. The minimum Gasteiger partial charge on any atom is -0.0985 e. The first-order chi connectivity index (χ1) is 9.67. The van der Waals surface area contributed by atoms with E-state index in [2.05, 4.69) is 54.6 Å². The maximum absolute atomic E-state index is 3.94. The van der Waals surface area contributed by atoms with Gasteiger partial charge >= 0.3 is 0 Å². The summed E-state index contributed by atoms with van der Waals surface area (Å²) in [4.78, 5) is 0. The summed E-state index contributed by atoms with van der Waals surface area (Å²) in [5, 5.41) is 1.08. The zero-order valence-corrected chi connectivity index (χ0v) is 14.7. The van der Waals surface area contributed by atoms with Crippen molar-refractivity contribution in [2.75, 3.05) is 5.33 Å². The second-order valence-corrected chi connectivity index (χ2v) is 6.82. The second kappa shape index (κ2) is 10.2. The van der Waals surface area contributed by atoms with Crippen LogP contribution in [0.4, 0.5) is 0 Å². The van der Waals surface area contributed by atoms with Gasteiger partial charge in [0.25, 0.3) is 0 Å². The van der Waals surface area contributed by atoms with Gasteiger partial charge in [-0.1, -0.05) is 79.9 Å². The topological polar surface area (TPSA) is 0 Å². The number of benzene rings is 1. The minimum atomic E-state index is 0.839. The maximum atomic E-state index is 3.94. The molecular formula is C19H29Br. The average molecular weight is 337 g/mol. The lowest BCUT2D eigenvalue weighted by atomic mass is 9.96. The Morgan fingerprint density at radius 3 is 2.55 bits per heavy atom. The fourth-order valence-electron chi connectivity index (χ4n) is 2.55. The van der Waals surface area contributed by atoms with Crippen LogP contribution in [0.3, 0.4) is 0 Å². The Morgan fingerprint density at radius 1 is 1.10 bits per heavy atom. The fraction of sp³-hybridized carbons (Fsp3) is 0.579. The zero-order chi connectivity index (χ0) is 14.8. The number of hydrogen-bond acceptors (Lipinski definition) is 0. The van der Waals surface area contributed by atoms with E-state index in [4.69, 9.17) is 0 Å². The first-order valence-corrected chi connectivity index (χ1v) is 9.09. The molecule has 0 aliphatic carbocycles. The Bertz CT molecular complexity index is 393. The van der Waals surface area contributed by atoms with Crippen LogP contribution in [0.25, 0.3) is 6.08 Å². The van der Waals surface area contributed by atoms with Gasteiger partial charge in [-0.15, -0.1) is 0 Å². The Labute approximate surface area is 133 Å². The third kappa shape index (κ3) is 6.74. The molecule has 0 bridgehead atoms. The van der Waals surface area contributed by atoms with Crippen LogP contribution >= 0.6 is 15.9 Å². The summed E-state index contributed by atoms with van der Waals surface area (Å²) in [6.07, 6.45) is 10.9. The van der Waals surface area contributed by atoms with Crippen LogP contribution in [-0.4, -0.2) is 5.33 Å². The molecule has 0 saturated carbocycles. The molecule has 1 rings (SSSR count). The largest absolute Gasteiger partial charge is 0.0985 e. The number of rotatable bonds is 10. The van der Waals surface area contributed by atoms with Crippen molar-refractivity contribution in [2.45, 2.75) is 58.8 Å². The van der Waals surface area contributed by atoms with Gasteiger partial charge in [-0.05, 0) is 48.3 Å². The number of hydrogen-bond donors (Lipinski definition) is 0. The van der Waals surface area contributed by atoms with Gasteiger partial charge in [0.05, 0.1) is 0 Å². The SMILES string of the molecule is C=Cc1ccc(CCCBr)cc1CCCCCC(C)C. The molecule has 1 heteroatoms. The molecule has 0 N–H and O–H groups in total. The predicted molar refractivity (Wildman–Crippen MR) is 95.7 cm³/mol. The van der Waals surface area contributed by atoms with Gasteiger partial charge in [0.15, 0.2) is 0 Å². The molecule has 0 unspecified atom stereocenters. The highest BCUT2D eigenvalue weighted by Crippen LogP contribution is 2.18. The van der Waals surface area contributed by atoms with Crippen molar-refractivity contribution in [3.63, 3.8) is 0 Å². The van der Waals surface area contributed by atoms with Crippen LogP contribution in [0, 0.1) is 5.92 Å². The summed E-state index contributed by atoms with van der Waals surface area (Å²) >= 11 is 3.51. The molecule has 0 atom stereocenters. The van der Waals surface area contributed by atoms with E-state index in [0.717, 1.165) is 11.2 Å². The predicted octanol–water partition coefficient (Wildman–Crippen LogP) is 6.42. The number of aryl methyl sites for hydroxylation is 2. The summed E-state index contributed by atoms with van der Waals surface area (Å²) in [7, 11) is 0. The highest BCUT2D eigenvalue weighted by atomic mass is 79.9. The van der Waals surface area contributed by atoms with E-state index in [0.29, 0.717) is 0 Å². The van der Waals surface area contributed by atoms with E-state index in [1.807, 2.05) is 6.08 Å². The molecule has 0 saturated heterocycles. The summed E-state index contributed by atoms with van der Waals surface area (Å²) in [6.45, 7) is 8.56. The molecule has 0 radical (unpaired) electrons. The average Bonchev–Trinajstić information content (AvgIpc) is 2.44. The maximum Gasteiger partial charge on any atom is 0.00344 e. The van der Waals surface area contributed by atoms with Crippen LogP contribution in [0.2, 0.25) is 0 Å². The van der Waals surface area contributed by atoms with Gasteiger partial charge in [-0.25, -0.2) is 0 Å². The first-order valence-electron chi connectivity index (χ1n) is 7.97. The van der Waals surface area contributed by atoms with Crippen molar-refractivity contribution >= 4 is 22.0 Å². The molecule has 0 spiro atoms. The van der Waals surface area contributed by atoms with E-state index in [9.17, 15) is 0 Å². The van der Waals surface area contributed by atoms with Crippen LogP contribution in [0.5, 0.6) is 0 Å². The molecule has 0 nitrogen and oxygen atoms in total. The molecule has 0 aliphatic heterocycles. The molecule has 0 aliphatic rings. The van der Waals surface area contributed by atoms with E-state index >= 15 is 0 Å². The van der Waals surface area contributed by atoms with Crippen molar-refractivity contribution in [1.29, 1.82) is 0 Å². The van der Waals surface area contributed by atoms with Gasteiger partial charge in [-0.2, -0.15) is 0 Å². The molecule has 0 amide bonds. The van der Waals surface area contributed by atoms with E-state index in [1.54, 1.807) is 0 Å². The minimum absolute atomic E-state index is 0.839. The van der Waals surface area contributed by atoms with Gasteiger partial charge in [0.1, 0.15) is 0 Å². The van der Waals surface area contributed by atoms with Crippen molar-refractivity contribution in [1.82, 2.24) is 0 Å². The molecule has 1 aromatic carbocycles. The zero-order valence-electron chi connectivity index (χ0n) is 13.1. The molecule has 0 heterocycles. The first kappa shape index (κ1) is 17.5. The number of halogens is 1. The summed E-state index contributed by atoms with van der Waals surface area (Å²) in [5.74, 6) is 0.839. The molecular weight excluding hydrogens is 308 g/mol. The Morgan fingerprint density at radius 2 is 1.90 bits per heavy atom. The van der Waals surface area contributed by atoms with Crippen molar-refractivity contribution in [2.24, 2.45) is 5.92 Å². The fourth-order valence-corrected chi connectivity index (χ4v) is 2.83. The summed E-state index contributed by atoms with van der Waals surface area (Å²) < 4.78 is 0. The van der Waals surface area contributed by atoms with Crippen molar-refractivity contribution in [3.8, 4) is 0 Å². The number of alkyl halides is 1. The summed E-state index contributed by atoms with van der Waals surface area (Å²) in [5.41, 5.74) is 4.26. The molecule has 0 fully saturated rings. The van der Waals surface area contributed by atoms with Crippen LogP contribution in [-0.2, 0) is 12.8 Å². The monoisotopic (exact) mass is 336 g/mol. The smallest absolute Gasteiger partial charge is 0.00344 e. The highest BCUT2D eigenvalue weighted by Gasteiger charge is 2.03. The van der Waals surface area contributed by atoms with E-state index in [-0.39, 0.29) is 0 Å². The van der Waals surface area contributed by atoms with E-state index < -0.39 is 0 Å². The normalized spacial score (nSPS) is 11.0. The molecule has 0 aromatic heterocycles. The van der Waals surface area contributed by atoms with Crippen molar-refractivity contribution in [3.05, 3.63) is 41.5 Å². The van der Waals surface area contributed by atoms with Gasteiger partial charge in [0.2, 0.25) is 0 Å². The van der Waals surface area contributed by atoms with Crippen LogP contribution < -0.4 is 0 Å². The molecule has 20 heavy (non-hydrogen) atoms.